The second-order valence-electron chi connectivity index (χ2n) is 4.63. The minimum Gasteiger partial charge on any atom is -0.207 e. The molecule has 0 spiro atoms. The fourth-order valence-electron chi connectivity index (χ4n) is 2.27. The molecule has 0 amide bonds. The smallest absolute Gasteiger partial charge is 0.125 e. The highest BCUT2D eigenvalue weighted by atomic mass is 35.5. The summed E-state index contributed by atoms with van der Waals surface area (Å²) >= 11 is 6.04. The van der Waals surface area contributed by atoms with Crippen molar-refractivity contribution < 1.29 is 4.39 Å². The molecule has 3 heteroatoms. The molecule has 3 aromatic carbocycles. The third-order valence-electron chi connectivity index (χ3n) is 3.13. The van der Waals surface area contributed by atoms with Gasteiger partial charge in [0.15, 0.2) is 0 Å². The quantitative estimate of drug-likeness (QED) is 0.634. The van der Waals surface area contributed by atoms with Gasteiger partial charge in [-0.1, -0.05) is 72.3 Å². The minimum absolute atomic E-state index is 0.295. The lowest BCUT2D eigenvalue weighted by Gasteiger charge is -2.19. The normalized spacial score (nSPS) is 10.8. The first-order chi connectivity index (χ1) is 10.2. The van der Waals surface area contributed by atoms with E-state index in [2.05, 4.69) is 24.3 Å². The molecule has 0 N–H and O–H groups in total. The molecule has 0 atom stereocenters. The van der Waals surface area contributed by atoms with Gasteiger partial charge < -0.3 is 0 Å². The zero-order valence-electron chi connectivity index (χ0n) is 11.2. The van der Waals surface area contributed by atoms with Crippen molar-refractivity contribution in [2.24, 2.45) is 0 Å². The largest absolute Gasteiger partial charge is 0.207 e. The maximum absolute atomic E-state index is 13.7. The average molecular weight is 315 g/mol. The van der Waals surface area contributed by atoms with Gasteiger partial charge in [0.05, 0.1) is 0 Å². The molecule has 0 aliphatic heterocycles. The SMILES string of the molecule is Fc1cc(Cl)cc(P(c2ccccc2)c2ccccc2)c1. The maximum atomic E-state index is 13.7. The van der Waals surface area contributed by atoms with E-state index in [4.69, 9.17) is 11.6 Å². The van der Waals surface area contributed by atoms with Crippen LogP contribution in [0.15, 0.2) is 78.9 Å². The van der Waals surface area contributed by atoms with Crippen LogP contribution in [0.1, 0.15) is 0 Å². The molecule has 0 saturated carbocycles. The molecule has 3 aromatic rings. The van der Waals surface area contributed by atoms with Gasteiger partial charge in [-0.25, -0.2) is 4.39 Å². The van der Waals surface area contributed by atoms with Crippen LogP contribution in [0.25, 0.3) is 0 Å². The van der Waals surface area contributed by atoms with Gasteiger partial charge >= 0.3 is 0 Å². The number of halogens is 2. The first kappa shape index (κ1) is 14.3. The molecular formula is C18H13ClFP. The van der Waals surface area contributed by atoms with Crippen molar-refractivity contribution in [2.75, 3.05) is 0 Å². The standard InChI is InChI=1S/C18H13ClFP/c19-14-11-15(20)13-18(12-14)21(16-7-3-1-4-8-16)17-9-5-2-6-10-17/h1-13H. The highest BCUT2D eigenvalue weighted by Gasteiger charge is 2.17. The Kier molecular flexibility index (Phi) is 4.34. The van der Waals surface area contributed by atoms with Gasteiger partial charge in [-0.15, -0.1) is 0 Å². The molecule has 21 heavy (non-hydrogen) atoms. The zero-order valence-corrected chi connectivity index (χ0v) is 12.9. The summed E-state index contributed by atoms with van der Waals surface area (Å²) in [7, 11) is -0.803. The van der Waals surface area contributed by atoms with Crippen LogP contribution >= 0.6 is 19.5 Å². The Hall–Kier alpha value is -1.69. The van der Waals surface area contributed by atoms with E-state index in [1.54, 1.807) is 6.07 Å². The van der Waals surface area contributed by atoms with E-state index in [1.165, 1.54) is 16.7 Å². The van der Waals surface area contributed by atoms with Crippen LogP contribution in [0, 0.1) is 5.82 Å². The van der Waals surface area contributed by atoms with E-state index in [9.17, 15) is 4.39 Å². The lowest BCUT2D eigenvalue weighted by molar-refractivity contribution is 0.629. The predicted molar refractivity (Wildman–Crippen MR) is 90.1 cm³/mol. The molecule has 0 nitrogen and oxygen atoms in total. The summed E-state index contributed by atoms with van der Waals surface area (Å²) in [5.41, 5.74) is 0. The molecule has 0 heterocycles. The predicted octanol–water partition coefficient (Wildman–Crippen LogP) is 4.24. The van der Waals surface area contributed by atoms with Gasteiger partial charge in [0.2, 0.25) is 0 Å². The number of benzene rings is 3. The molecule has 104 valence electrons. The van der Waals surface area contributed by atoms with Crippen LogP contribution in [-0.2, 0) is 0 Å². The highest BCUT2D eigenvalue weighted by Crippen LogP contribution is 2.33. The first-order valence-corrected chi connectivity index (χ1v) is 8.32. The maximum Gasteiger partial charge on any atom is 0.125 e. The highest BCUT2D eigenvalue weighted by molar-refractivity contribution is 7.79. The van der Waals surface area contributed by atoms with Crippen molar-refractivity contribution in [1.82, 2.24) is 0 Å². The topological polar surface area (TPSA) is 0 Å². The second-order valence-corrected chi connectivity index (χ2v) is 7.29. The van der Waals surface area contributed by atoms with Gasteiger partial charge in [0, 0.05) is 5.02 Å². The third-order valence-corrected chi connectivity index (χ3v) is 5.76. The van der Waals surface area contributed by atoms with Crippen LogP contribution < -0.4 is 15.9 Å². The molecule has 0 aliphatic carbocycles. The summed E-state index contributed by atoms with van der Waals surface area (Å²) in [5, 5.41) is 3.72. The van der Waals surface area contributed by atoms with Gasteiger partial charge in [-0.3, -0.25) is 0 Å². The third kappa shape index (κ3) is 3.32. The van der Waals surface area contributed by atoms with Gasteiger partial charge in [-0.2, -0.15) is 0 Å². The summed E-state index contributed by atoms with van der Waals surface area (Å²) < 4.78 is 13.7. The molecule has 0 unspecified atom stereocenters. The average Bonchev–Trinajstić information content (AvgIpc) is 2.49. The Balaban J connectivity index is 2.17. The summed E-state index contributed by atoms with van der Waals surface area (Å²) in [6.45, 7) is 0. The molecule has 0 aliphatic rings. The Morgan fingerprint density at radius 3 is 1.67 bits per heavy atom. The molecular weight excluding hydrogens is 302 g/mol. The molecule has 0 radical (unpaired) electrons. The van der Waals surface area contributed by atoms with Crippen LogP contribution in [-0.4, -0.2) is 0 Å². The lowest BCUT2D eigenvalue weighted by atomic mass is 10.3. The van der Waals surface area contributed by atoms with E-state index in [1.807, 2.05) is 42.5 Å². The Labute approximate surface area is 130 Å². The monoisotopic (exact) mass is 314 g/mol. The van der Waals surface area contributed by atoms with E-state index >= 15 is 0 Å². The molecule has 0 aromatic heterocycles. The van der Waals surface area contributed by atoms with Crippen LogP contribution in [0.5, 0.6) is 0 Å². The number of rotatable bonds is 3. The van der Waals surface area contributed by atoms with Crippen LogP contribution in [0.4, 0.5) is 4.39 Å². The van der Waals surface area contributed by atoms with Crippen LogP contribution in [0.2, 0.25) is 5.02 Å². The molecule has 0 saturated heterocycles. The fraction of sp³-hybridized carbons (Fsp3) is 0. The van der Waals surface area contributed by atoms with E-state index in [0.29, 0.717) is 5.02 Å². The first-order valence-electron chi connectivity index (χ1n) is 6.60. The number of hydrogen-bond donors (Lipinski definition) is 0. The van der Waals surface area contributed by atoms with E-state index in [-0.39, 0.29) is 5.82 Å². The summed E-state index contributed by atoms with van der Waals surface area (Å²) in [4.78, 5) is 0. The Morgan fingerprint density at radius 1 is 0.667 bits per heavy atom. The van der Waals surface area contributed by atoms with E-state index in [0.717, 1.165) is 5.30 Å². The number of hydrogen-bond acceptors (Lipinski definition) is 0. The van der Waals surface area contributed by atoms with Crippen molar-refractivity contribution >= 4 is 35.4 Å². The Morgan fingerprint density at radius 2 is 1.19 bits per heavy atom. The lowest BCUT2D eigenvalue weighted by Crippen LogP contribution is -2.20. The molecule has 3 rings (SSSR count). The van der Waals surface area contributed by atoms with Crippen molar-refractivity contribution in [3.8, 4) is 0 Å². The fourth-order valence-corrected chi connectivity index (χ4v) is 4.92. The van der Waals surface area contributed by atoms with Gasteiger partial charge in [-0.05, 0) is 42.0 Å². The van der Waals surface area contributed by atoms with Crippen molar-refractivity contribution in [2.45, 2.75) is 0 Å². The second kappa shape index (κ2) is 6.39. The minimum atomic E-state index is -0.803. The van der Waals surface area contributed by atoms with E-state index < -0.39 is 7.92 Å². The van der Waals surface area contributed by atoms with Gasteiger partial charge in [0.25, 0.3) is 0 Å². The molecule has 0 fully saturated rings. The van der Waals surface area contributed by atoms with Crippen molar-refractivity contribution in [3.63, 3.8) is 0 Å². The zero-order chi connectivity index (χ0) is 14.7. The van der Waals surface area contributed by atoms with Crippen molar-refractivity contribution in [3.05, 3.63) is 89.7 Å². The summed E-state index contributed by atoms with van der Waals surface area (Å²) in [5.74, 6) is -0.295. The Bertz CT molecular complexity index is 669. The summed E-state index contributed by atoms with van der Waals surface area (Å²) in [6.07, 6.45) is 0. The molecule has 0 bridgehead atoms. The van der Waals surface area contributed by atoms with Gasteiger partial charge in [0.1, 0.15) is 5.82 Å². The van der Waals surface area contributed by atoms with Crippen LogP contribution in [0.3, 0.4) is 0 Å². The summed E-state index contributed by atoms with van der Waals surface area (Å²) in [6, 6.07) is 25.1. The van der Waals surface area contributed by atoms with Crippen molar-refractivity contribution in [1.29, 1.82) is 0 Å².